The van der Waals surface area contributed by atoms with E-state index in [2.05, 4.69) is 14.7 Å². The van der Waals surface area contributed by atoms with Crippen LogP contribution in [0.3, 0.4) is 0 Å². The topological polar surface area (TPSA) is 150 Å². The van der Waals surface area contributed by atoms with Crippen LogP contribution in [-0.4, -0.2) is 54.6 Å². The first kappa shape index (κ1) is 27.8. The van der Waals surface area contributed by atoms with Gasteiger partial charge in [0.25, 0.3) is 15.9 Å². The van der Waals surface area contributed by atoms with Gasteiger partial charge in [-0.3, -0.25) is 4.79 Å². The molecule has 1 aliphatic heterocycles. The standard InChI is InChI=1S/C29H30N6O5S/c1-19(2)39-26-14-11-20(17-31-26)24-13-12-23(29(36)34-41(37,38)27-10-6-9-25(30)33-27)28(32-24)35-16-15-22(18-35)40-21-7-4-3-5-8-21/h3-14,17,19,22H,15-16,18H2,1-2H3,(H2,30,33)(H,34,36). The van der Waals surface area contributed by atoms with Crippen molar-refractivity contribution < 1.29 is 22.7 Å². The van der Waals surface area contributed by atoms with Crippen molar-refractivity contribution in [3.05, 3.63) is 84.6 Å². The number of aromatic nitrogens is 3. The van der Waals surface area contributed by atoms with Gasteiger partial charge in [-0.15, -0.1) is 0 Å². The number of nitrogens with one attached hydrogen (secondary N) is 1. The number of nitrogens with two attached hydrogens (primary N) is 1. The summed E-state index contributed by atoms with van der Waals surface area (Å²) in [5.74, 6) is 0.745. The Morgan fingerprint density at radius 3 is 2.54 bits per heavy atom. The molecule has 1 amide bonds. The number of carbonyl (C=O) groups excluding carboxylic acids is 1. The van der Waals surface area contributed by atoms with Crippen molar-refractivity contribution in [2.24, 2.45) is 0 Å². The summed E-state index contributed by atoms with van der Waals surface area (Å²) in [5, 5.41) is -0.357. The monoisotopic (exact) mass is 574 g/mol. The van der Waals surface area contributed by atoms with Crippen LogP contribution in [0.25, 0.3) is 11.3 Å². The number of rotatable bonds is 9. The van der Waals surface area contributed by atoms with E-state index in [9.17, 15) is 13.2 Å². The molecule has 4 heterocycles. The van der Waals surface area contributed by atoms with Crippen molar-refractivity contribution >= 4 is 27.6 Å². The minimum absolute atomic E-state index is 0.0177. The highest BCUT2D eigenvalue weighted by atomic mass is 32.2. The molecule has 0 aliphatic carbocycles. The highest BCUT2D eigenvalue weighted by Crippen LogP contribution is 2.29. The van der Waals surface area contributed by atoms with Crippen molar-refractivity contribution in [2.45, 2.75) is 37.5 Å². The van der Waals surface area contributed by atoms with Gasteiger partial charge in [-0.2, -0.15) is 8.42 Å². The van der Waals surface area contributed by atoms with Crippen molar-refractivity contribution in [1.29, 1.82) is 0 Å². The molecule has 1 aliphatic rings. The Morgan fingerprint density at radius 2 is 1.83 bits per heavy atom. The van der Waals surface area contributed by atoms with Crippen LogP contribution in [0.4, 0.5) is 11.6 Å². The minimum Gasteiger partial charge on any atom is -0.489 e. The molecule has 1 unspecified atom stereocenters. The van der Waals surface area contributed by atoms with Gasteiger partial charge in [0, 0.05) is 30.8 Å². The Labute approximate surface area is 238 Å². The second-order valence-electron chi connectivity index (χ2n) is 9.74. The number of pyridine rings is 3. The first-order valence-electron chi connectivity index (χ1n) is 13.1. The molecule has 1 saturated heterocycles. The maximum Gasteiger partial charge on any atom is 0.281 e. The number of para-hydroxylation sites is 1. The SMILES string of the molecule is CC(C)Oc1ccc(-c2ccc(C(=O)NS(=O)(=O)c3cccc(N)n3)c(N3CCC(Oc4ccccc4)C3)n2)cn1. The molecule has 1 fully saturated rings. The Kier molecular flexibility index (Phi) is 8.02. The number of amides is 1. The molecular formula is C29H30N6O5S. The van der Waals surface area contributed by atoms with Gasteiger partial charge in [0.15, 0.2) is 5.03 Å². The maximum atomic E-state index is 13.4. The van der Waals surface area contributed by atoms with E-state index >= 15 is 0 Å². The second kappa shape index (κ2) is 11.8. The van der Waals surface area contributed by atoms with Gasteiger partial charge in [-0.25, -0.2) is 19.7 Å². The van der Waals surface area contributed by atoms with E-state index in [-0.39, 0.29) is 28.6 Å². The third-order valence-electron chi connectivity index (χ3n) is 6.25. The number of hydrogen-bond acceptors (Lipinski definition) is 10. The molecule has 11 nitrogen and oxygen atoms in total. The third-order valence-corrected chi connectivity index (χ3v) is 7.48. The van der Waals surface area contributed by atoms with E-state index in [1.165, 1.54) is 18.2 Å². The molecule has 41 heavy (non-hydrogen) atoms. The molecule has 3 N–H and O–H groups in total. The fraction of sp³-hybridized carbons (Fsp3) is 0.241. The predicted molar refractivity (Wildman–Crippen MR) is 154 cm³/mol. The van der Waals surface area contributed by atoms with Gasteiger partial charge in [0.05, 0.1) is 23.9 Å². The van der Waals surface area contributed by atoms with Gasteiger partial charge in [-0.1, -0.05) is 24.3 Å². The summed E-state index contributed by atoms with van der Waals surface area (Å²) >= 11 is 0. The summed E-state index contributed by atoms with van der Waals surface area (Å²) in [5.41, 5.74) is 7.01. The lowest BCUT2D eigenvalue weighted by molar-refractivity contribution is 0.0981. The van der Waals surface area contributed by atoms with Crippen molar-refractivity contribution in [3.63, 3.8) is 0 Å². The normalized spacial score (nSPS) is 15.1. The van der Waals surface area contributed by atoms with Crippen molar-refractivity contribution in [3.8, 4) is 22.9 Å². The smallest absolute Gasteiger partial charge is 0.281 e. The van der Waals surface area contributed by atoms with E-state index in [4.69, 9.17) is 20.2 Å². The Bertz CT molecular complexity index is 1630. The largest absolute Gasteiger partial charge is 0.489 e. The van der Waals surface area contributed by atoms with Crippen LogP contribution in [0.2, 0.25) is 0 Å². The average Bonchev–Trinajstić information content (AvgIpc) is 3.41. The lowest BCUT2D eigenvalue weighted by Gasteiger charge is -2.22. The number of anilines is 2. The summed E-state index contributed by atoms with van der Waals surface area (Å²) in [6.07, 6.45) is 2.17. The second-order valence-corrected chi connectivity index (χ2v) is 11.4. The molecular weight excluding hydrogens is 544 g/mol. The molecule has 12 heteroatoms. The van der Waals surface area contributed by atoms with Crippen LogP contribution in [-0.2, 0) is 10.0 Å². The van der Waals surface area contributed by atoms with Crippen LogP contribution in [0.5, 0.6) is 11.6 Å². The van der Waals surface area contributed by atoms with Gasteiger partial charge in [-0.05, 0) is 56.3 Å². The molecule has 0 bridgehead atoms. The first-order valence-corrected chi connectivity index (χ1v) is 14.6. The zero-order valence-corrected chi connectivity index (χ0v) is 23.4. The molecule has 3 aromatic heterocycles. The summed E-state index contributed by atoms with van der Waals surface area (Å²) in [6.45, 7) is 4.84. The van der Waals surface area contributed by atoms with E-state index in [0.717, 1.165) is 5.75 Å². The van der Waals surface area contributed by atoms with Gasteiger partial charge in [0.1, 0.15) is 23.5 Å². The van der Waals surface area contributed by atoms with E-state index in [0.29, 0.717) is 42.5 Å². The summed E-state index contributed by atoms with van der Waals surface area (Å²) in [7, 11) is -4.28. The van der Waals surface area contributed by atoms with Gasteiger partial charge in [0.2, 0.25) is 5.88 Å². The Balaban J connectivity index is 1.45. The highest BCUT2D eigenvalue weighted by Gasteiger charge is 2.30. The van der Waals surface area contributed by atoms with Gasteiger partial charge < -0.3 is 20.1 Å². The number of nitrogen functional groups attached to an aromatic ring is 1. The highest BCUT2D eigenvalue weighted by molar-refractivity contribution is 7.90. The molecule has 0 saturated carbocycles. The number of ether oxygens (including phenoxy) is 2. The fourth-order valence-electron chi connectivity index (χ4n) is 4.39. The zero-order chi connectivity index (χ0) is 29.0. The van der Waals surface area contributed by atoms with Crippen LogP contribution in [0, 0.1) is 0 Å². The first-order chi connectivity index (χ1) is 19.7. The molecule has 212 valence electrons. The summed E-state index contributed by atoms with van der Waals surface area (Å²) in [6, 6.07) is 20.4. The van der Waals surface area contributed by atoms with Crippen LogP contribution < -0.4 is 24.8 Å². The molecule has 1 atom stereocenters. The Morgan fingerprint density at radius 1 is 1.02 bits per heavy atom. The third kappa shape index (κ3) is 6.72. The number of hydrogen-bond donors (Lipinski definition) is 2. The number of sulfonamides is 1. The Hall–Kier alpha value is -4.71. The zero-order valence-electron chi connectivity index (χ0n) is 22.6. The van der Waals surface area contributed by atoms with E-state index < -0.39 is 15.9 Å². The van der Waals surface area contributed by atoms with Crippen LogP contribution in [0.1, 0.15) is 30.6 Å². The maximum absolute atomic E-state index is 13.4. The summed E-state index contributed by atoms with van der Waals surface area (Å²) < 4.78 is 39.7. The van der Waals surface area contributed by atoms with Gasteiger partial charge >= 0.3 is 0 Å². The fourth-order valence-corrected chi connectivity index (χ4v) is 5.33. The number of benzene rings is 1. The van der Waals surface area contributed by atoms with E-state index in [1.54, 1.807) is 24.4 Å². The molecule has 5 rings (SSSR count). The lowest BCUT2D eigenvalue weighted by atomic mass is 10.1. The molecule has 4 aromatic rings. The van der Waals surface area contributed by atoms with Crippen molar-refractivity contribution in [2.75, 3.05) is 23.7 Å². The minimum atomic E-state index is -4.28. The molecule has 0 spiro atoms. The number of carbonyl (C=O) groups is 1. The molecule has 0 radical (unpaired) electrons. The molecule has 1 aromatic carbocycles. The lowest BCUT2D eigenvalue weighted by Crippen LogP contribution is -2.34. The average molecular weight is 575 g/mol. The quantitative estimate of drug-likeness (QED) is 0.303. The van der Waals surface area contributed by atoms with Crippen molar-refractivity contribution in [1.82, 2.24) is 19.7 Å². The number of nitrogens with zero attached hydrogens (tertiary/aromatic N) is 4. The van der Waals surface area contributed by atoms with Crippen LogP contribution in [0.15, 0.2) is 84.0 Å². The van der Waals surface area contributed by atoms with E-state index in [1.807, 2.05) is 55.1 Å². The predicted octanol–water partition coefficient (Wildman–Crippen LogP) is 3.68. The summed E-state index contributed by atoms with van der Waals surface area (Å²) in [4.78, 5) is 28.3. The van der Waals surface area contributed by atoms with Crippen LogP contribution >= 0.6 is 0 Å².